The van der Waals surface area contributed by atoms with Gasteiger partial charge in [0, 0.05) is 6.20 Å². The van der Waals surface area contributed by atoms with Crippen LogP contribution in [-0.2, 0) is 0 Å². The highest BCUT2D eigenvalue weighted by Gasteiger charge is 1.99. The minimum atomic E-state index is 0.520. The lowest BCUT2D eigenvalue weighted by atomic mass is 10.3. The molecule has 2 heterocycles. The summed E-state index contributed by atoms with van der Waals surface area (Å²) >= 11 is 5.71. The summed E-state index contributed by atoms with van der Waals surface area (Å²) in [4.78, 5) is 4.05. The lowest BCUT2D eigenvalue weighted by Crippen LogP contribution is -1.97. The molecule has 0 aliphatic carbocycles. The predicted octanol–water partition coefficient (Wildman–Crippen LogP) is 1.79. The summed E-state index contributed by atoms with van der Waals surface area (Å²) < 4.78 is 1.55. The standard InChI is InChI=1S/C9H5ClN4/c10-8-5-13-14(6-8)9-2-1-7(3-11)4-12-9/h1-2,4-6H. The fourth-order valence-corrected chi connectivity index (χ4v) is 1.15. The number of nitriles is 1. The van der Waals surface area contributed by atoms with Gasteiger partial charge in [-0.1, -0.05) is 11.6 Å². The first-order valence-corrected chi connectivity index (χ1v) is 4.24. The third kappa shape index (κ3) is 1.58. The molecule has 0 radical (unpaired) electrons. The molecular formula is C9H5ClN4. The molecule has 0 bridgehead atoms. The van der Waals surface area contributed by atoms with Crippen molar-refractivity contribution in [2.75, 3.05) is 0 Å². The van der Waals surface area contributed by atoms with E-state index in [1.807, 2.05) is 6.07 Å². The van der Waals surface area contributed by atoms with E-state index in [1.165, 1.54) is 12.4 Å². The minimum absolute atomic E-state index is 0.520. The Bertz CT molecular complexity index is 480. The highest BCUT2D eigenvalue weighted by molar-refractivity contribution is 6.30. The van der Waals surface area contributed by atoms with Crippen molar-refractivity contribution in [3.8, 4) is 11.9 Å². The van der Waals surface area contributed by atoms with Crippen LogP contribution >= 0.6 is 11.6 Å². The predicted molar refractivity (Wildman–Crippen MR) is 51.1 cm³/mol. The van der Waals surface area contributed by atoms with Crippen LogP contribution < -0.4 is 0 Å². The molecule has 14 heavy (non-hydrogen) atoms. The average molecular weight is 205 g/mol. The maximum absolute atomic E-state index is 8.57. The van der Waals surface area contributed by atoms with Crippen LogP contribution in [0.15, 0.2) is 30.7 Å². The number of halogens is 1. The number of pyridine rings is 1. The summed E-state index contributed by atoms with van der Waals surface area (Å²) in [5.41, 5.74) is 0.520. The summed E-state index contributed by atoms with van der Waals surface area (Å²) in [5, 5.41) is 13.1. The highest BCUT2D eigenvalue weighted by atomic mass is 35.5. The van der Waals surface area contributed by atoms with Crippen LogP contribution in [0.1, 0.15) is 5.56 Å². The quantitative estimate of drug-likeness (QED) is 0.712. The van der Waals surface area contributed by atoms with Crippen LogP contribution in [0.3, 0.4) is 0 Å². The maximum Gasteiger partial charge on any atom is 0.153 e. The molecule has 0 atom stereocenters. The molecule has 2 aromatic rings. The Balaban J connectivity index is 2.39. The van der Waals surface area contributed by atoms with Gasteiger partial charge in [0.05, 0.1) is 23.0 Å². The largest absolute Gasteiger partial charge is 0.236 e. The molecule has 0 saturated heterocycles. The van der Waals surface area contributed by atoms with Crippen molar-refractivity contribution >= 4 is 11.6 Å². The van der Waals surface area contributed by atoms with Crippen molar-refractivity contribution in [1.29, 1.82) is 5.26 Å². The zero-order valence-corrected chi connectivity index (χ0v) is 7.81. The Hall–Kier alpha value is -1.86. The van der Waals surface area contributed by atoms with Gasteiger partial charge in [-0.05, 0) is 12.1 Å². The van der Waals surface area contributed by atoms with Crippen molar-refractivity contribution in [3.63, 3.8) is 0 Å². The molecule has 0 aliphatic heterocycles. The molecule has 2 rings (SSSR count). The van der Waals surface area contributed by atoms with Crippen molar-refractivity contribution in [2.24, 2.45) is 0 Å². The Morgan fingerprint density at radius 3 is 2.71 bits per heavy atom. The third-order valence-corrected chi connectivity index (χ3v) is 1.86. The molecule has 0 aliphatic rings. The van der Waals surface area contributed by atoms with Crippen LogP contribution in [0.4, 0.5) is 0 Å². The zero-order chi connectivity index (χ0) is 9.97. The van der Waals surface area contributed by atoms with E-state index in [0.717, 1.165) is 0 Å². The minimum Gasteiger partial charge on any atom is -0.236 e. The second-order valence-corrected chi connectivity index (χ2v) is 3.06. The van der Waals surface area contributed by atoms with E-state index in [0.29, 0.717) is 16.4 Å². The van der Waals surface area contributed by atoms with Gasteiger partial charge in [0.25, 0.3) is 0 Å². The second kappa shape index (κ2) is 3.48. The van der Waals surface area contributed by atoms with Gasteiger partial charge in [-0.2, -0.15) is 10.4 Å². The summed E-state index contributed by atoms with van der Waals surface area (Å²) in [5.74, 6) is 0.635. The monoisotopic (exact) mass is 204 g/mol. The van der Waals surface area contributed by atoms with Crippen LogP contribution in [0.2, 0.25) is 5.02 Å². The number of nitrogens with zero attached hydrogens (tertiary/aromatic N) is 4. The summed E-state index contributed by atoms with van der Waals surface area (Å²) in [6.07, 6.45) is 4.67. The SMILES string of the molecule is N#Cc1ccc(-n2cc(Cl)cn2)nc1. The summed E-state index contributed by atoms with van der Waals surface area (Å²) in [6, 6.07) is 5.38. The number of aromatic nitrogens is 3. The molecular weight excluding hydrogens is 200 g/mol. The molecule has 0 fully saturated rings. The van der Waals surface area contributed by atoms with Gasteiger partial charge in [0.1, 0.15) is 6.07 Å². The molecule has 68 valence electrons. The third-order valence-electron chi connectivity index (χ3n) is 1.66. The second-order valence-electron chi connectivity index (χ2n) is 2.62. The Labute approximate surface area is 85.4 Å². The fourth-order valence-electron chi connectivity index (χ4n) is 1.01. The van der Waals surface area contributed by atoms with Gasteiger partial charge in [-0.25, -0.2) is 9.67 Å². The first kappa shape index (κ1) is 8.73. The van der Waals surface area contributed by atoms with Gasteiger partial charge >= 0.3 is 0 Å². The van der Waals surface area contributed by atoms with Crippen molar-refractivity contribution in [2.45, 2.75) is 0 Å². The average Bonchev–Trinajstić information content (AvgIpc) is 2.65. The Kier molecular flexibility index (Phi) is 2.17. The first-order chi connectivity index (χ1) is 6.79. The van der Waals surface area contributed by atoms with Gasteiger partial charge in [-0.15, -0.1) is 0 Å². The smallest absolute Gasteiger partial charge is 0.153 e. The van der Waals surface area contributed by atoms with Crippen LogP contribution in [-0.4, -0.2) is 14.8 Å². The van der Waals surface area contributed by atoms with E-state index in [-0.39, 0.29) is 0 Å². The molecule has 5 heteroatoms. The lowest BCUT2D eigenvalue weighted by Gasteiger charge is -1.98. The van der Waals surface area contributed by atoms with Gasteiger partial charge < -0.3 is 0 Å². The van der Waals surface area contributed by atoms with Gasteiger partial charge in [0.2, 0.25) is 0 Å². The van der Waals surface area contributed by atoms with Crippen LogP contribution in [0.5, 0.6) is 0 Å². The highest BCUT2D eigenvalue weighted by Crippen LogP contribution is 2.09. The molecule has 0 aromatic carbocycles. The topological polar surface area (TPSA) is 54.5 Å². The summed E-state index contributed by atoms with van der Waals surface area (Å²) in [7, 11) is 0. The number of hydrogen-bond donors (Lipinski definition) is 0. The van der Waals surface area contributed by atoms with E-state index in [2.05, 4.69) is 10.1 Å². The first-order valence-electron chi connectivity index (χ1n) is 3.86. The van der Waals surface area contributed by atoms with Crippen molar-refractivity contribution in [1.82, 2.24) is 14.8 Å². The molecule has 0 N–H and O–H groups in total. The number of hydrogen-bond acceptors (Lipinski definition) is 3. The molecule has 0 saturated carbocycles. The zero-order valence-electron chi connectivity index (χ0n) is 7.05. The van der Waals surface area contributed by atoms with Gasteiger partial charge in [0.15, 0.2) is 5.82 Å². The Morgan fingerprint density at radius 1 is 1.36 bits per heavy atom. The van der Waals surface area contributed by atoms with E-state index >= 15 is 0 Å². The van der Waals surface area contributed by atoms with Crippen LogP contribution in [0.25, 0.3) is 5.82 Å². The maximum atomic E-state index is 8.57. The molecule has 0 unspecified atom stereocenters. The number of rotatable bonds is 1. The molecule has 4 nitrogen and oxygen atoms in total. The Morgan fingerprint density at radius 2 is 2.21 bits per heavy atom. The van der Waals surface area contributed by atoms with Crippen molar-refractivity contribution < 1.29 is 0 Å². The van der Waals surface area contributed by atoms with E-state index in [1.54, 1.807) is 23.0 Å². The van der Waals surface area contributed by atoms with Crippen LogP contribution in [0, 0.1) is 11.3 Å². The van der Waals surface area contributed by atoms with E-state index in [4.69, 9.17) is 16.9 Å². The van der Waals surface area contributed by atoms with E-state index in [9.17, 15) is 0 Å². The normalized spacial score (nSPS) is 9.71. The van der Waals surface area contributed by atoms with E-state index < -0.39 is 0 Å². The van der Waals surface area contributed by atoms with Gasteiger partial charge in [-0.3, -0.25) is 0 Å². The summed E-state index contributed by atoms with van der Waals surface area (Å²) in [6.45, 7) is 0. The fraction of sp³-hybridized carbons (Fsp3) is 0. The molecule has 2 aromatic heterocycles. The molecule has 0 amide bonds. The van der Waals surface area contributed by atoms with Crippen molar-refractivity contribution in [3.05, 3.63) is 41.3 Å². The molecule has 0 spiro atoms. The lowest BCUT2D eigenvalue weighted by molar-refractivity contribution is 0.846.